The monoisotopic (exact) mass is 337 g/mol. The molecule has 0 saturated heterocycles. The zero-order chi connectivity index (χ0) is 18.4. The number of aromatic amines is 1. The number of benzene rings is 1. The predicted molar refractivity (Wildman–Crippen MR) is 108 cm³/mol. The fourth-order valence-electron chi connectivity index (χ4n) is 2.61. The van der Waals surface area contributed by atoms with Crippen molar-refractivity contribution in [1.29, 1.82) is 0 Å². The minimum absolute atomic E-state index is 0.544. The molecule has 0 spiro atoms. The van der Waals surface area contributed by atoms with Crippen molar-refractivity contribution in [1.82, 2.24) is 20.6 Å². The molecular formula is C20H27N5. The lowest BCUT2D eigenvalue weighted by molar-refractivity contribution is 0.784. The molecule has 0 saturated carbocycles. The van der Waals surface area contributed by atoms with Crippen LogP contribution in [0, 0.1) is 6.92 Å². The van der Waals surface area contributed by atoms with Crippen molar-refractivity contribution in [2.45, 2.75) is 20.3 Å². The van der Waals surface area contributed by atoms with Crippen LogP contribution in [0.2, 0.25) is 0 Å². The SMILES string of the molecule is C=C/C(=C(\C=C/NC)NCCC)c1nc2c(C)cc(C(=C)N)cc2[nH]1. The second-order valence-electron chi connectivity index (χ2n) is 5.88. The number of imidazole rings is 1. The van der Waals surface area contributed by atoms with E-state index in [2.05, 4.69) is 35.7 Å². The van der Waals surface area contributed by atoms with Crippen LogP contribution in [0.25, 0.3) is 22.3 Å². The second kappa shape index (κ2) is 8.24. The Kier molecular flexibility index (Phi) is 6.06. The molecule has 0 bridgehead atoms. The van der Waals surface area contributed by atoms with Crippen molar-refractivity contribution in [2.24, 2.45) is 5.73 Å². The van der Waals surface area contributed by atoms with Crippen molar-refractivity contribution in [3.8, 4) is 0 Å². The molecule has 0 aliphatic carbocycles. The lowest BCUT2D eigenvalue weighted by Gasteiger charge is -2.10. The summed E-state index contributed by atoms with van der Waals surface area (Å²) in [6.45, 7) is 12.8. The third kappa shape index (κ3) is 4.12. The van der Waals surface area contributed by atoms with Gasteiger partial charge in [-0.1, -0.05) is 26.2 Å². The molecule has 0 unspecified atom stereocenters. The number of nitrogens with zero attached hydrogens (tertiary/aromatic N) is 1. The van der Waals surface area contributed by atoms with Crippen LogP contribution in [0.5, 0.6) is 0 Å². The van der Waals surface area contributed by atoms with Crippen LogP contribution in [0.15, 0.2) is 49.3 Å². The molecule has 0 aliphatic heterocycles. The first-order valence-electron chi connectivity index (χ1n) is 8.41. The molecule has 0 amide bonds. The van der Waals surface area contributed by atoms with E-state index in [0.29, 0.717) is 5.70 Å². The highest BCUT2D eigenvalue weighted by molar-refractivity contribution is 5.87. The third-order valence-corrected chi connectivity index (χ3v) is 3.88. The highest BCUT2D eigenvalue weighted by Gasteiger charge is 2.12. The maximum Gasteiger partial charge on any atom is 0.140 e. The van der Waals surface area contributed by atoms with Gasteiger partial charge in [-0.15, -0.1) is 0 Å². The van der Waals surface area contributed by atoms with E-state index in [1.165, 1.54) is 0 Å². The summed E-state index contributed by atoms with van der Waals surface area (Å²) in [5, 5.41) is 6.45. The normalized spacial score (nSPS) is 12.3. The van der Waals surface area contributed by atoms with E-state index in [-0.39, 0.29) is 0 Å². The Bertz CT molecular complexity index is 839. The Hall–Kier alpha value is -2.95. The molecule has 1 aromatic carbocycles. The molecule has 0 aliphatic rings. The zero-order valence-electron chi connectivity index (χ0n) is 15.2. The number of allylic oxidation sites excluding steroid dienone is 3. The number of hydrogen-bond acceptors (Lipinski definition) is 4. The van der Waals surface area contributed by atoms with Crippen molar-refractivity contribution in [3.63, 3.8) is 0 Å². The number of aromatic nitrogens is 2. The summed E-state index contributed by atoms with van der Waals surface area (Å²) in [7, 11) is 1.87. The lowest BCUT2D eigenvalue weighted by Crippen LogP contribution is -2.15. The molecule has 1 aromatic heterocycles. The van der Waals surface area contributed by atoms with Crippen molar-refractivity contribution < 1.29 is 0 Å². The van der Waals surface area contributed by atoms with Gasteiger partial charge in [-0.05, 0) is 48.9 Å². The molecule has 0 fully saturated rings. The quantitative estimate of drug-likeness (QED) is 0.557. The highest BCUT2D eigenvalue weighted by atomic mass is 14.9. The van der Waals surface area contributed by atoms with Gasteiger partial charge in [0, 0.05) is 30.6 Å². The minimum atomic E-state index is 0.544. The van der Waals surface area contributed by atoms with Crippen molar-refractivity contribution >= 4 is 22.3 Å². The third-order valence-electron chi connectivity index (χ3n) is 3.88. The molecule has 5 N–H and O–H groups in total. The molecule has 0 radical (unpaired) electrons. The van der Waals surface area contributed by atoms with E-state index in [4.69, 9.17) is 10.7 Å². The molecule has 0 atom stereocenters. The molecule has 2 rings (SSSR count). The van der Waals surface area contributed by atoms with Crippen molar-refractivity contribution in [3.05, 3.63) is 66.3 Å². The van der Waals surface area contributed by atoms with Crippen LogP contribution >= 0.6 is 0 Å². The molecule has 25 heavy (non-hydrogen) atoms. The Morgan fingerprint density at radius 2 is 2.16 bits per heavy atom. The highest BCUT2D eigenvalue weighted by Crippen LogP contribution is 2.25. The van der Waals surface area contributed by atoms with Gasteiger partial charge in [0.25, 0.3) is 0 Å². The number of hydrogen-bond donors (Lipinski definition) is 4. The Morgan fingerprint density at radius 3 is 2.76 bits per heavy atom. The fourth-order valence-corrected chi connectivity index (χ4v) is 2.61. The molecule has 2 aromatic rings. The summed E-state index contributed by atoms with van der Waals surface area (Å²) in [5.41, 5.74) is 12.1. The van der Waals surface area contributed by atoms with E-state index in [1.54, 1.807) is 0 Å². The minimum Gasteiger partial charge on any atom is -0.399 e. The first kappa shape index (κ1) is 18.4. The first-order chi connectivity index (χ1) is 12.0. The lowest BCUT2D eigenvalue weighted by atomic mass is 10.1. The Balaban J connectivity index is 2.60. The van der Waals surface area contributed by atoms with Gasteiger partial charge < -0.3 is 21.4 Å². The standard InChI is InChI=1S/C20H27N5/c1-6-9-23-17(8-10-22-5)16(7-2)20-24-18-12-15(14(4)21)11-13(3)19(18)25-20/h7-8,10-12,22-23H,2,4,6,9,21H2,1,3,5H3,(H,24,25)/b10-8-,17-16-. The molecule has 1 heterocycles. The van der Waals surface area contributed by atoms with Gasteiger partial charge in [-0.25, -0.2) is 4.98 Å². The van der Waals surface area contributed by atoms with Gasteiger partial charge in [0.05, 0.1) is 11.0 Å². The van der Waals surface area contributed by atoms with Crippen LogP contribution in [0.1, 0.15) is 30.3 Å². The maximum atomic E-state index is 5.84. The smallest absolute Gasteiger partial charge is 0.140 e. The van der Waals surface area contributed by atoms with Gasteiger partial charge >= 0.3 is 0 Å². The van der Waals surface area contributed by atoms with Crippen LogP contribution in [-0.2, 0) is 0 Å². The van der Waals surface area contributed by atoms with E-state index in [9.17, 15) is 0 Å². The van der Waals surface area contributed by atoms with Crippen LogP contribution in [-0.4, -0.2) is 23.6 Å². The van der Waals surface area contributed by atoms with Crippen molar-refractivity contribution in [2.75, 3.05) is 13.6 Å². The van der Waals surface area contributed by atoms with E-state index >= 15 is 0 Å². The maximum absolute atomic E-state index is 5.84. The second-order valence-corrected chi connectivity index (χ2v) is 5.88. The van der Waals surface area contributed by atoms with Gasteiger partial charge in [0.1, 0.15) is 5.82 Å². The van der Waals surface area contributed by atoms with Gasteiger partial charge in [-0.3, -0.25) is 0 Å². The summed E-state index contributed by atoms with van der Waals surface area (Å²) in [6, 6.07) is 3.98. The average molecular weight is 337 g/mol. The summed E-state index contributed by atoms with van der Waals surface area (Å²) in [5.74, 6) is 0.771. The number of H-pyrrole nitrogens is 1. The first-order valence-corrected chi connectivity index (χ1v) is 8.41. The number of nitrogens with one attached hydrogen (secondary N) is 3. The summed E-state index contributed by atoms with van der Waals surface area (Å²) in [6.07, 6.45) is 6.71. The van der Waals surface area contributed by atoms with Gasteiger partial charge in [0.2, 0.25) is 0 Å². The number of rotatable bonds is 8. The summed E-state index contributed by atoms with van der Waals surface area (Å²) < 4.78 is 0. The molecule has 5 heteroatoms. The summed E-state index contributed by atoms with van der Waals surface area (Å²) >= 11 is 0. The average Bonchev–Trinajstić information content (AvgIpc) is 3.01. The van der Waals surface area contributed by atoms with Gasteiger partial charge in [-0.2, -0.15) is 0 Å². The van der Waals surface area contributed by atoms with Crippen LogP contribution in [0.4, 0.5) is 0 Å². The van der Waals surface area contributed by atoms with E-state index in [0.717, 1.165) is 52.2 Å². The summed E-state index contributed by atoms with van der Waals surface area (Å²) in [4.78, 5) is 8.16. The Morgan fingerprint density at radius 1 is 1.40 bits per heavy atom. The topological polar surface area (TPSA) is 78.8 Å². The Labute approximate surface area is 149 Å². The van der Waals surface area contributed by atoms with Gasteiger partial charge in [0.15, 0.2) is 0 Å². The molecule has 132 valence electrons. The van der Waals surface area contributed by atoms with E-state index < -0.39 is 0 Å². The largest absolute Gasteiger partial charge is 0.399 e. The fraction of sp³-hybridized carbons (Fsp3) is 0.250. The predicted octanol–water partition coefficient (Wildman–Crippen LogP) is 3.43. The van der Waals surface area contributed by atoms with E-state index in [1.807, 2.05) is 44.5 Å². The van der Waals surface area contributed by atoms with Crippen LogP contribution in [0.3, 0.4) is 0 Å². The number of fused-ring (bicyclic) bond motifs is 1. The number of aryl methyl sites for hydroxylation is 1. The van der Waals surface area contributed by atoms with Crippen LogP contribution < -0.4 is 16.4 Å². The number of nitrogens with two attached hydrogens (primary N) is 1. The molecule has 5 nitrogen and oxygen atoms in total. The molecular weight excluding hydrogens is 310 g/mol. The zero-order valence-corrected chi connectivity index (χ0v) is 15.2.